The van der Waals surface area contributed by atoms with E-state index in [1.165, 1.54) is 0 Å². The maximum atomic E-state index is 10.1. The Bertz CT molecular complexity index is 121. The predicted octanol–water partition coefficient (Wildman–Crippen LogP) is -6.87. The van der Waals surface area contributed by atoms with Gasteiger partial charge in [0.15, 0.2) is 0 Å². The summed E-state index contributed by atoms with van der Waals surface area (Å²) < 4.78 is 0. The number of primary amides is 2. The summed E-state index contributed by atoms with van der Waals surface area (Å²) in [7, 11) is 0. The van der Waals surface area contributed by atoms with Crippen LogP contribution in [0.2, 0.25) is 0 Å². The zero-order valence-electron chi connectivity index (χ0n) is 6.35. The Morgan fingerprint density at radius 3 is 1.33 bits per heavy atom. The molecule has 0 unspecified atom stereocenters. The summed E-state index contributed by atoms with van der Waals surface area (Å²) in [5.41, 5.74) is 9.58. The van der Waals surface area contributed by atoms with Gasteiger partial charge in [-0.2, -0.15) is 0 Å². The minimum atomic E-state index is -0.392. The van der Waals surface area contributed by atoms with Gasteiger partial charge in [0.25, 0.3) is 0 Å². The summed E-state index contributed by atoms with van der Waals surface area (Å²) in [5.74, 6) is -0.785. The van der Waals surface area contributed by atoms with Crippen LogP contribution in [0, 0.1) is 0 Å². The van der Waals surface area contributed by atoms with Crippen molar-refractivity contribution in [3.8, 4) is 0 Å². The fraction of sp³-hybridized carbons (Fsp3) is 0.600. The fourth-order valence-electron chi connectivity index (χ4n) is 0.437. The molecule has 0 fully saturated rings. The average molecular weight is 249 g/mol. The van der Waals surface area contributed by atoms with Gasteiger partial charge in [-0.05, 0) is 6.42 Å². The van der Waals surface area contributed by atoms with Crippen molar-refractivity contribution in [1.82, 2.24) is 0 Å². The molecular weight excluding hydrogens is 239 g/mol. The Labute approximate surface area is 98.5 Å². The van der Waals surface area contributed by atoms with Crippen LogP contribution in [0.25, 0.3) is 0 Å². The summed E-state index contributed by atoms with van der Waals surface area (Å²) in [4.78, 5) is 20.1. The standard InChI is InChI=1S/C5H10N2O2.2ClH.Ti/c6-4(8)2-1-3-5(7)9;;;/h1-3H2,(H2,6,8)(H2,7,9);2*1H;/q;;;+2/p-2. The molecule has 0 spiro atoms. The molecule has 0 saturated heterocycles. The van der Waals surface area contributed by atoms with Gasteiger partial charge in [-0.3, -0.25) is 9.59 Å². The van der Waals surface area contributed by atoms with Crippen molar-refractivity contribution in [2.75, 3.05) is 0 Å². The van der Waals surface area contributed by atoms with Crippen LogP contribution in [0.5, 0.6) is 0 Å². The van der Waals surface area contributed by atoms with Crippen LogP contribution < -0.4 is 36.3 Å². The summed E-state index contributed by atoms with van der Waals surface area (Å²) >= 11 is 0. The molecule has 0 aliphatic carbocycles. The molecule has 4 N–H and O–H groups in total. The molecule has 0 atom stereocenters. The van der Waals surface area contributed by atoms with Crippen LogP contribution >= 0.6 is 0 Å². The smallest absolute Gasteiger partial charge is 1.00 e. The fourth-order valence-corrected chi connectivity index (χ4v) is 0.437. The molecule has 0 aromatic carbocycles. The molecule has 0 heterocycles. The van der Waals surface area contributed by atoms with Gasteiger partial charge in [0.1, 0.15) is 0 Å². The van der Waals surface area contributed by atoms with Crippen LogP contribution in [0.4, 0.5) is 0 Å². The molecule has 2 amide bonds. The maximum Gasteiger partial charge on any atom is 2.00 e. The summed E-state index contributed by atoms with van der Waals surface area (Å²) in [5, 5.41) is 0. The van der Waals surface area contributed by atoms with Gasteiger partial charge in [-0.1, -0.05) is 0 Å². The van der Waals surface area contributed by atoms with Crippen molar-refractivity contribution in [1.29, 1.82) is 0 Å². The third kappa shape index (κ3) is 22.5. The third-order valence-corrected chi connectivity index (χ3v) is 0.846. The van der Waals surface area contributed by atoms with Gasteiger partial charge in [-0.25, -0.2) is 0 Å². The first kappa shape index (κ1) is 22.8. The number of halogens is 2. The number of carbonyl (C=O) groups excluding carboxylic acids is 2. The Morgan fingerprint density at radius 1 is 0.917 bits per heavy atom. The second-order valence-corrected chi connectivity index (χ2v) is 1.79. The Morgan fingerprint density at radius 2 is 1.17 bits per heavy atom. The van der Waals surface area contributed by atoms with Crippen molar-refractivity contribution in [2.24, 2.45) is 11.5 Å². The number of hydrogen-bond donors (Lipinski definition) is 2. The van der Waals surface area contributed by atoms with Gasteiger partial charge >= 0.3 is 21.7 Å². The second-order valence-electron chi connectivity index (χ2n) is 1.79. The summed E-state index contributed by atoms with van der Waals surface area (Å²) in [6.07, 6.45) is 0.941. The molecule has 0 radical (unpaired) electrons. The van der Waals surface area contributed by atoms with E-state index in [0.717, 1.165) is 0 Å². The number of amides is 2. The summed E-state index contributed by atoms with van der Waals surface area (Å²) in [6.45, 7) is 0. The second kappa shape index (κ2) is 13.8. The first-order valence-electron chi connectivity index (χ1n) is 2.69. The van der Waals surface area contributed by atoms with Crippen LogP contribution in [-0.2, 0) is 31.3 Å². The third-order valence-electron chi connectivity index (χ3n) is 0.846. The molecule has 0 aliphatic heterocycles. The van der Waals surface area contributed by atoms with E-state index in [0.29, 0.717) is 6.42 Å². The van der Waals surface area contributed by atoms with Crippen molar-refractivity contribution in [3.63, 3.8) is 0 Å². The zero-order valence-corrected chi connectivity index (χ0v) is 9.42. The molecule has 0 aromatic rings. The Kier molecular flexibility index (Phi) is 26.2. The van der Waals surface area contributed by atoms with Crippen LogP contribution in [0.3, 0.4) is 0 Å². The Balaban J connectivity index is -0.000000107. The SMILES string of the molecule is NC(=O)CCCC(N)=O.[Cl-].[Cl-].[Ti+2]. The van der Waals surface area contributed by atoms with Crippen molar-refractivity contribution in [2.45, 2.75) is 19.3 Å². The van der Waals surface area contributed by atoms with Crippen LogP contribution in [-0.4, -0.2) is 11.8 Å². The van der Waals surface area contributed by atoms with Crippen molar-refractivity contribution < 1.29 is 56.1 Å². The van der Waals surface area contributed by atoms with E-state index in [4.69, 9.17) is 11.5 Å². The molecular formula is C5H10Cl2N2O2Ti. The first-order chi connectivity index (χ1) is 4.13. The van der Waals surface area contributed by atoms with Crippen molar-refractivity contribution >= 4 is 11.8 Å². The zero-order chi connectivity index (χ0) is 7.28. The minimum Gasteiger partial charge on any atom is -1.00 e. The molecule has 0 saturated carbocycles. The van der Waals surface area contributed by atoms with Gasteiger partial charge in [-0.15, -0.1) is 0 Å². The van der Waals surface area contributed by atoms with Gasteiger partial charge in [0.2, 0.25) is 11.8 Å². The number of hydrogen-bond acceptors (Lipinski definition) is 2. The van der Waals surface area contributed by atoms with Crippen LogP contribution in [0.15, 0.2) is 0 Å². The topological polar surface area (TPSA) is 86.2 Å². The molecule has 0 bridgehead atoms. The Hall–Kier alpha value is 0.234. The number of rotatable bonds is 4. The predicted molar refractivity (Wildman–Crippen MR) is 32.2 cm³/mol. The quantitative estimate of drug-likeness (QED) is 0.485. The molecule has 4 nitrogen and oxygen atoms in total. The van der Waals surface area contributed by atoms with E-state index >= 15 is 0 Å². The molecule has 12 heavy (non-hydrogen) atoms. The van der Waals surface area contributed by atoms with Gasteiger partial charge < -0.3 is 36.3 Å². The minimum absolute atomic E-state index is 0. The average Bonchev–Trinajstić information content (AvgIpc) is 1.63. The van der Waals surface area contributed by atoms with Gasteiger partial charge in [0.05, 0.1) is 0 Å². The van der Waals surface area contributed by atoms with Gasteiger partial charge in [0, 0.05) is 12.8 Å². The largest absolute Gasteiger partial charge is 2.00 e. The van der Waals surface area contributed by atoms with E-state index < -0.39 is 11.8 Å². The van der Waals surface area contributed by atoms with Crippen molar-refractivity contribution in [3.05, 3.63) is 0 Å². The monoisotopic (exact) mass is 248 g/mol. The molecule has 0 rings (SSSR count). The normalized spacial score (nSPS) is 6.67. The molecule has 0 aliphatic rings. The van der Waals surface area contributed by atoms with Crippen LogP contribution in [0.1, 0.15) is 19.3 Å². The van der Waals surface area contributed by atoms with E-state index in [1.807, 2.05) is 0 Å². The van der Waals surface area contributed by atoms with E-state index in [-0.39, 0.29) is 59.4 Å². The molecule has 0 aromatic heterocycles. The first-order valence-corrected chi connectivity index (χ1v) is 2.69. The molecule has 70 valence electrons. The van der Waals surface area contributed by atoms with E-state index in [9.17, 15) is 9.59 Å². The maximum absolute atomic E-state index is 10.1. The van der Waals surface area contributed by atoms with E-state index in [1.54, 1.807) is 0 Å². The number of carbonyl (C=O) groups is 2. The summed E-state index contributed by atoms with van der Waals surface area (Å²) in [6, 6.07) is 0. The number of nitrogens with two attached hydrogens (primary N) is 2. The van der Waals surface area contributed by atoms with E-state index in [2.05, 4.69) is 0 Å². The molecule has 7 heteroatoms.